The molecule has 3 atom stereocenters. The molecule has 2 saturated carbocycles. The number of hydrogen-bond acceptors (Lipinski definition) is 2. The number of nitrogens with two attached hydrogens (primary N) is 1. The molecule has 0 aromatic carbocycles. The van der Waals surface area contributed by atoms with E-state index in [1.807, 2.05) is 0 Å². The molecule has 3 nitrogen and oxygen atoms in total. The number of rotatable bonds is 5. The molecule has 2 aliphatic rings. The zero-order valence-corrected chi connectivity index (χ0v) is 12.9. The van der Waals surface area contributed by atoms with E-state index >= 15 is 0 Å². The summed E-state index contributed by atoms with van der Waals surface area (Å²) >= 11 is 0. The minimum Gasteiger partial charge on any atom is -0.353 e. The van der Waals surface area contributed by atoms with E-state index in [0.29, 0.717) is 18.5 Å². The first-order valence-electron chi connectivity index (χ1n) is 7.71. The second-order valence-corrected chi connectivity index (χ2v) is 6.33. The lowest BCUT2D eigenvalue weighted by Crippen LogP contribution is -2.42. The van der Waals surface area contributed by atoms with E-state index in [1.54, 1.807) is 0 Å². The van der Waals surface area contributed by atoms with Crippen LogP contribution in [0.25, 0.3) is 0 Å². The fraction of sp³-hybridized carbons (Fsp3) is 0.933. The minimum absolute atomic E-state index is 0. The quantitative estimate of drug-likeness (QED) is 0.817. The maximum Gasteiger partial charge on any atom is 0.223 e. The molecule has 2 fully saturated rings. The molecule has 112 valence electrons. The van der Waals surface area contributed by atoms with E-state index in [-0.39, 0.29) is 24.2 Å². The molecular formula is C15H29ClN2O. The van der Waals surface area contributed by atoms with Crippen LogP contribution in [0.2, 0.25) is 0 Å². The van der Waals surface area contributed by atoms with Gasteiger partial charge in [0.05, 0.1) is 0 Å². The van der Waals surface area contributed by atoms with Crippen molar-refractivity contribution in [2.24, 2.45) is 23.5 Å². The van der Waals surface area contributed by atoms with Crippen LogP contribution in [0.3, 0.4) is 0 Å². The van der Waals surface area contributed by atoms with Crippen LogP contribution in [0.15, 0.2) is 0 Å². The topological polar surface area (TPSA) is 55.1 Å². The monoisotopic (exact) mass is 288 g/mol. The van der Waals surface area contributed by atoms with Gasteiger partial charge in [-0.2, -0.15) is 0 Å². The third-order valence-electron chi connectivity index (χ3n) is 4.90. The highest BCUT2D eigenvalue weighted by Crippen LogP contribution is 2.31. The van der Waals surface area contributed by atoms with Crippen LogP contribution >= 0.6 is 12.4 Å². The van der Waals surface area contributed by atoms with Crippen LogP contribution in [0.4, 0.5) is 0 Å². The fourth-order valence-corrected chi connectivity index (χ4v) is 3.69. The van der Waals surface area contributed by atoms with Gasteiger partial charge in [0.15, 0.2) is 0 Å². The second kappa shape index (κ2) is 8.11. The van der Waals surface area contributed by atoms with Gasteiger partial charge in [0.1, 0.15) is 0 Å². The maximum absolute atomic E-state index is 12.2. The predicted octanol–water partition coefficient (Wildman–Crippen LogP) is 2.87. The Labute approximate surface area is 123 Å². The van der Waals surface area contributed by atoms with E-state index in [2.05, 4.69) is 12.2 Å². The highest BCUT2D eigenvalue weighted by Gasteiger charge is 2.29. The van der Waals surface area contributed by atoms with E-state index in [9.17, 15) is 4.79 Å². The van der Waals surface area contributed by atoms with E-state index in [4.69, 9.17) is 5.73 Å². The Kier molecular flexibility index (Phi) is 7.16. The van der Waals surface area contributed by atoms with Crippen molar-refractivity contribution in [1.29, 1.82) is 0 Å². The van der Waals surface area contributed by atoms with E-state index in [0.717, 1.165) is 18.8 Å². The Bertz CT molecular complexity index is 279. The van der Waals surface area contributed by atoms with Crippen molar-refractivity contribution in [1.82, 2.24) is 5.32 Å². The third-order valence-corrected chi connectivity index (χ3v) is 4.90. The molecule has 0 aromatic heterocycles. The molecule has 0 saturated heterocycles. The predicted molar refractivity (Wildman–Crippen MR) is 81.3 cm³/mol. The average molecular weight is 289 g/mol. The van der Waals surface area contributed by atoms with Crippen LogP contribution < -0.4 is 11.1 Å². The van der Waals surface area contributed by atoms with E-state index in [1.165, 1.54) is 38.5 Å². The molecule has 0 bridgehead atoms. The minimum atomic E-state index is 0. The standard InChI is InChI=1S/C15H28N2O.ClH/c1-11(9-12-5-2-3-6-12)15(18)17-14-8-4-7-13(14)10-16;/h11-14H,2-10,16H2,1H3,(H,17,18);1H. The number of carbonyl (C=O) groups excluding carboxylic acids is 1. The lowest BCUT2D eigenvalue weighted by molar-refractivity contribution is -0.126. The van der Waals surface area contributed by atoms with Gasteiger partial charge in [-0.1, -0.05) is 39.0 Å². The van der Waals surface area contributed by atoms with Crippen LogP contribution in [-0.2, 0) is 4.79 Å². The molecule has 19 heavy (non-hydrogen) atoms. The molecular weight excluding hydrogens is 260 g/mol. The summed E-state index contributed by atoms with van der Waals surface area (Å²) in [5.74, 6) is 1.73. The Morgan fingerprint density at radius 2 is 1.89 bits per heavy atom. The smallest absolute Gasteiger partial charge is 0.223 e. The maximum atomic E-state index is 12.2. The Balaban J connectivity index is 0.00000180. The van der Waals surface area contributed by atoms with Crippen molar-refractivity contribution in [3.63, 3.8) is 0 Å². The average Bonchev–Trinajstić information content (AvgIpc) is 2.99. The Morgan fingerprint density at radius 1 is 1.21 bits per heavy atom. The number of nitrogens with one attached hydrogen (secondary N) is 1. The number of amides is 1. The largest absolute Gasteiger partial charge is 0.353 e. The number of halogens is 1. The molecule has 0 aliphatic heterocycles. The van der Waals surface area contributed by atoms with Crippen molar-refractivity contribution in [3.8, 4) is 0 Å². The number of hydrogen-bond donors (Lipinski definition) is 2. The molecule has 2 rings (SSSR count). The van der Waals surface area contributed by atoms with Gasteiger partial charge in [-0.25, -0.2) is 0 Å². The Hall–Kier alpha value is -0.280. The first-order chi connectivity index (χ1) is 8.70. The normalized spacial score (nSPS) is 28.9. The zero-order chi connectivity index (χ0) is 13.0. The summed E-state index contributed by atoms with van der Waals surface area (Å²) in [6.45, 7) is 2.79. The molecule has 3 unspecified atom stereocenters. The summed E-state index contributed by atoms with van der Waals surface area (Å²) in [6, 6.07) is 0.341. The van der Waals surface area contributed by atoms with Gasteiger partial charge in [0.2, 0.25) is 5.91 Å². The summed E-state index contributed by atoms with van der Waals surface area (Å²) in [5, 5.41) is 3.23. The SMILES string of the molecule is CC(CC1CCCC1)C(=O)NC1CCCC1CN.Cl. The summed E-state index contributed by atoms with van der Waals surface area (Å²) in [7, 11) is 0. The van der Waals surface area contributed by atoms with Crippen molar-refractivity contribution in [2.45, 2.75) is 64.3 Å². The lowest BCUT2D eigenvalue weighted by atomic mass is 9.93. The summed E-state index contributed by atoms with van der Waals surface area (Å²) in [4.78, 5) is 12.2. The van der Waals surface area contributed by atoms with Crippen molar-refractivity contribution in [2.75, 3.05) is 6.54 Å². The van der Waals surface area contributed by atoms with Gasteiger partial charge in [-0.05, 0) is 37.6 Å². The molecule has 3 N–H and O–H groups in total. The van der Waals surface area contributed by atoms with Gasteiger partial charge < -0.3 is 11.1 Å². The highest BCUT2D eigenvalue weighted by atomic mass is 35.5. The molecule has 0 aromatic rings. The van der Waals surface area contributed by atoms with Crippen LogP contribution in [0.5, 0.6) is 0 Å². The molecule has 2 aliphatic carbocycles. The van der Waals surface area contributed by atoms with Gasteiger partial charge in [0, 0.05) is 12.0 Å². The third kappa shape index (κ3) is 4.64. The first-order valence-corrected chi connectivity index (χ1v) is 7.71. The summed E-state index contributed by atoms with van der Waals surface area (Å²) < 4.78 is 0. The molecule has 0 heterocycles. The molecule has 0 spiro atoms. The van der Waals surface area contributed by atoms with Gasteiger partial charge in [-0.15, -0.1) is 12.4 Å². The van der Waals surface area contributed by atoms with Crippen molar-refractivity contribution < 1.29 is 4.79 Å². The van der Waals surface area contributed by atoms with Crippen LogP contribution in [0, 0.1) is 17.8 Å². The van der Waals surface area contributed by atoms with Crippen molar-refractivity contribution >= 4 is 18.3 Å². The van der Waals surface area contributed by atoms with Crippen LogP contribution in [0.1, 0.15) is 58.3 Å². The van der Waals surface area contributed by atoms with Gasteiger partial charge in [-0.3, -0.25) is 4.79 Å². The van der Waals surface area contributed by atoms with E-state index < -0.39 is 0 Å². The van der Waals surface area contributed by atoms with Crippen LogP contribution in [-0.4, -0.2) is 18.5 Å². The fourth-order valence-electron chi connectivity index (χ4n) is 3.69. The Morgan fingerprint density at radius 3 is 2.53 bits per heavy atom. The van der Waals surface area contributed by atoms with Gasteiger partial charge >= 0.3 is 0 Å². The summed E-state index contributed by atoms with van der Waals surface area (Å²) in [5.41, 5.74) is 5.76. The van der Waals surface area contributed by atoms with Gasteiger partial charge in [0.25, 0.3) is 0 Å². The highest BCUT2D eigenvalue weighted by molar-refractivity contribution is 5.85. The zero-order valence-electron chi connectivity index (χ0n) is 12.1. The lowest BCUT2D eigenvalue weighted by Gasteiger charge is -2.23. The summed E-state index contributed by atoms with van der Waals surface area (Å²) in [6.07, 6.45) is 9.95. The first kappa shape index (κ1) is 16.8. The van der Waals surface area contributed by atoms with Crippen molar-refractivity contribution in [3.05, 3.63) is 0 Å². The second-order valence-electron chi connectivity index (χ2n) is 6.33. The molecule has 1 amide bonds. The number of carbonyl (C=O) groups is 1. The molecule has 0 radical (unpaired) electrons. The molecule has 4 heteroatoms.